The van der Waals surface area contributed by atoms with Gasteiger partial charge in [-0.3, -0.25) is 4.79 Å². The Labute approximate surface area is 147 Å². The summed E-state index contributed by atoms with van der Waals surface area (Å²) in [4.78, 5) is 25.4. The van der Waals surface area contributed by atoms with Gasteiger partial charge in [0.2, 0.25) is 0 Å². The number of nitrogens with one attached hydrogen (secondary N) is 1. The molecule has 0 aromatic heterocycles. The standard InChI is InChI=1S/C20H23NO4/c1-11-16(19(24)25-4)17(12-5-7-13(22)8-6-12)18-14(21-11)9-20(2,3)10-15(18)23/h5-8,17,21-22H,9-10H2,1-4H3/t17-/m0/s1. The van der Waals surface area contributed by atoms with Gasteiger partial charge in [0.1, 0.15) is 5.75 Å². The molecule has 132 valence electrons. The molecule has 1 aromatic carbocycles. The lowest BCUT2D eigenvalue weighted by Crippen LogP contribution is -2.38. The van der Waals surface area contributed by atoms with Gasteiger partial charge in [0.25, 0.3) is 0 Å². The highest BCUT2D eigenvalue weighted by molar-refractivity contribution is 6.04. The van der Waals surface area contributed by atoms with Crippen LogP contribution in [0.2, 0.25) is 0 Å². The number of hydrogen-bond acceptors (Lipinski definition) is 5. The van der Waals surface area contributed by atoms with Crippen LogP contribution in [0.15, 0.2) is 46.8 Å². The van der Waals surface area contributed by atoms with Gasteiger partial charge in [0.15, 0.2) is 5.78 Å². The van der Waals surface area contributed by atoms with E-state index in [4.69, 9.17) is 4.74 Å². The zero-order chi connectivity index (χ0) is 18.4. The number of ether oxygens (including phenoxy) is 1. The molecule has 2 N–H and O–H groups in total. The first kappa shape index (κ1) is 17.3. The third kappa shape index (κ3) is 3.06. The number of methoxy groups -OCH3 is 1. The molecule has 3 rings (SSSR count). The van der Waals surface area contributed by atoms with E-state index in [1.165, 1.54) is 7.11 Å². The SMILES string of the molecule is COC(=O)C1=C(C)NC2=C(C(=O)CC(C)(C)C2)[C@H]1c1ccc(O)cc1. The van der Waals surface area contributed by atoms with Gasteiger partial charge in [0, 0.05) is 29.3 Å². The number of phenolic OH excluding ortho intramolecular Hbond substituents is 1. The molecular weight excluding hydrogens is 318 g/mol. The van der Waals surface area contributed by atoms with Gasteiger partial charge in [-0.2, -0.15) is 0 Å². The Morgan fingerprint density at radius 2 is 1.88 bits per heavy atom. The fourth-order valence-electron chi connectivity index (χ4n) is 3.82. The van der Waals surface area contributed by atoms with E-state index in [0.29, 0.717) is 23.3 Å². The zero-order valence-electron chi connectivity index (χ0n) is 15.0. The van der Waals surface area contributed by atoms with E-state index < -0.39 is 11.9 Å². The van der Waals surface area contributed by atoms with Crippen LogP contribution in [-0.2, 0) is 14.3 Å². The van der Waals surface area contributed by atoms with E-state index in [1.54, 1.807) is 24.3 Å². The molecule has 0 unspecified atom stereocenters. The number of esters is 1. The number of dihydropyridines is 1. The molecule has 1 aliphatic heterocycles. The van der Waals surface area contributed by atoms with E-state index in [-0.39, 0.29) is 16.9 Å². The van der Waals surface area contributed by atoms with Crippen molar-refractivity contribution in [3.05, 3.63) is 52.4 Å². The minimum Gasteiger partial charge on any atom is -0.508 e. The van der Waals surface area contributed by atoms with Gasteiger partial charge >= 0.3 is 5.97 Å². The van der Waals surface area contributed by atoms with Crippen LogP contribution in [0.3, 0.4) is 0 Å². The summed E-state index contributed by atoms with van der Waals surface area (Å²) in [6, 6.07) is 6.64. The van der Waals surface area contributed by atoms with Crippen molar-refractivity contribution in [1.29, 1.82) is 0 Å². The topological polar surface area (TPSA) is 75.6 Å². The Morgan fingerprint density at radius 1 is 1.24 bits per heavy atom. The van der Waals surface area contributed by atoms with Crippen LogP contribution in [0.4, 0.5) is 0 Å². The molecule has 0 saturated heterocycles. The van der Waals surface area contributed by atoms with E-state index in [2.05, 4.69) is 19.2 Å². The van der Waals surface area contributed by atoms with E-state index in [9.17, 15) is 14.7 Å². The predicted octanol–water partition coefficient (Wildman–Crippen LogP) is 3.17. The summed E-state index contributed by atoms with van der Waals surface area (Å²) in [6.07, 6.45) is 1.18. The first-order chi connectivity index (χ1) is 11.7. The maximum absolute atomic E-state index is 12.9. The molecule has 1 aromatic rings. The quantitative estimate of drug-likeness (QED) is 0.808. The number of rotatable bonds is 2. The Hall–Kier alpha value is -2.56. The zero-order valence-corrected chi connectivity index (χ0v) is 15.0. The summed E-state index contributed by atoms with van der Waals surface area (Å²) in [5, 5.41) is 12.9. The van der Waals surface area contributed by atoms with Crippen LogP contribution < -0.4 is 5.32 Å². The lowest BCUT2D eigenvalue weighted by atomic mass is 9.68. The second kappa shape index (κ2) is 6.06. The molecule has 25 heavy (non-hydrogen) atoms. The molecule has 1 atom stereocenters. The van der Waals surface area contributed by atoms with Gasteiger partial charge in [-0.25, -0.2) is 4.79 Å². The van der Waals surface area contributed by atoms with Crippen molar-refractivity contribution >= 4 is 11.8 Å². The normalized spacial score (nSPS) is 22.4. The van der Waals surface area contributed by atoms with E-state index >= 15 is 0 Å². The summed E-state index contributed by atoms with van der Waals surface area (Å²) >= 11 is 0. The third-order valence-corrected chi connectivity index (χ3v) is 4.87. The third-order valence-electron chi connectivity index (χ3n) is 4.87. The average molecular weight is 341 g/mol. The first-order valence-corrected chi connectivity index (χ1v) is 8.35. The lowest BCUT2D eigenvalue weighted by Gasteiger charge is -2.39. The van der Waals surface area contributed by atoms with Gasteiger partial charge in [-0.05, 0) is 36.5 Å². The molecular formula is C20H23NO4. The predicted molar refractivity (Wildman–Crippen MR) is 93.7 cm³/mol. The first-order valence-electron chi connectivity index (χ1n) is 8.35. The molecule has 1 heterocycles. The summed E-state index contributed by atoms with van der Waals surface area (Å²) < 4.78 is 4.97. The van der Waals surface area contributed by atoms with Gasteiger partial charge in [0.05, 0.1) is 12.7 Å². The van der Waals surface area contributed by atoms with E-state index in [1.807, 2.05) is 6.92 Å². The summed E-state index contributed by atoms with van der Waals surface area (Å²) in [5.41, 5.74) is 3.33. The number of carbonyl (C=O) groups excluding carboxylic acids is 2. The van der Waals surface area contributed by atoms with Gasteiger partial charge < -0.3 is 15.2 Å². The fourth-order valence-corrected chi connectivity index (χ4v) is 3.82. The number of ketones is 1. The maximum atomic E-state index is 12.9. The Bertz CT molecular complexity index is 799. The lowest BCUT2D eigenvalue weighted by molar-refractivity contribution is -0.136. The highest BCUT2D eigenvalue weighted by atomic mass is 16.5. The molecule has 5 nitrogen and oxygen atoms in total. The Kier molecular flexibility index (Phi) is 4.19. The second-order valence-electron chi connectivity index (χ2n) is 7.51. The van der Waals surface area contributed by atoms with Crippen molar-refractivity contribution < 1.29 is 19.4 Å². The van der Waals surface area contributed by atoms with Crippen molar-refractivity contribution in [3.8, 4) is 5.75 Å². The van der Waals surface area contributed by atoms with Crippen molar-refractivity contribution in [2.45, 2.75) is 39.5 Å². The molecule has 0 fully saturated rings. The van der Waals surface area contributed by atoms with Crippen LogP contribution in [0.5, 0.6) is 5.75 Å². The number of allylic oxidation sites excluding steroid dienone is 3. The molecule has 0 saturated carbocycles. The second-order valence-corrected chi connectivity index (χ2v) is 7.51. The average Bonchev–Trinajstić information content (AvgIpc) is 2.52. The van der Waals surface area contributed by atoms with Gasteiger partial charge in [-0.15, -0.1) is 0 Å². The number of aromatic hydroxyl groups is 1. The molecule has 0 radical (unpaired) electrons. The Balaban J connectivity index is 2.19. The van der Waals surface area contributed by atoms with Crippen LogP contribution in [0.1, 0.15) is 45.1 Å². The highest BCUT2D eigenvalue weighted by Crippen LogP contribution is 2.46. The van der Waals surface area contributed by atoms with Crippen LogP contribution in [-0.4, -0.2) is 24.0 Å². The van der Waals surface area contributed by atoms with Gasteiger partial charge in [-0.1, -0.05) is 26.0 Å². The number of benzene rings is 1. The molecule has 2 aliphatic rings. The molecule has 0 bridgehead atoms. The van der Waals surface area contributed by atoms with Crippen molar-refractivity contribution in [2.75, 3.05) is 7.11 Å². The monoisotopic (exact) mass is 341 g/mol. The number of hydrogen-bond donors (Lipinski definition) is 2. The molecule has 0 amide bonds. The minimum atomic E-state index is -0.479. The largest absolute Gasteiger partial charge is 0.508 e. The number of phenols is 1. The van der Waals surface area contributed by atoms with Crippen LogP contribution in [0.25, 0.3) is 0 Å². The molecule has 0 spiro atoms. The minimum absolute atomic E-state index is 0.0470. The summed E-state index contributed by atoms with van der Waals surface area (Å²) in [7, 11) is 1.34. The van der Waals surface area contributed by atoms with Crippen molar-refractivity contribution in [2.24, 2.45) is 5.41 Å². The molecule has 1 aliphatic carbocycles. The summed E-state index contributed by atoms with van der Waals surface area (Å²) in [6.45, 7) is 5.97. The smallest absolute Gasteiger partial charge is 0.336 e. The molecule has 5 heteroatoms. The van der Waals surface area contributed by atoms with Crippen molar-refractivity contribution in [3.63, 3.8) is 0 Å². The van der Waals surface area contributed by atoms with Crippen LogP contribution >= 0.6 is 0 Å². The van der Waals surface area contributed by atoms with E-state index in [0.717, 1.165) is 17.7 Å². The fraction of sp³-hybridized carbons (Fsp3) is 0.400. The summed E-state index contributed by atoms with van der Waals surface area (Å²) in [5.74, 6) is -0.741. The van der Waals surface area contributed by atoms with Crippen molar-refractivity contribution in [1.82, 2.24) is 5.32 Å². The number of Topliss-reactive ketones (excluding diaryl/α,β-unsaturated/α-hetero) is 1. The Morgan fingerprint density at radius 3 is 2.48 bits per heavy atom. The highest BCUT2D eigenvalue weighted by Gasteiger charge is 2.42. The maximum Gasteiger partial charge on any atom is 0.336 e. The van der Waals surface area contributed by atoms with Crippen LogP contribution in [0, 0.1) is 5.41 Å². The number of carbonyl (C=O) groups is 2.